The number of carbonyl (C=O) groups is 5. The van der Waals surface area contributed by atoms with Gasteiger partial charge in [-0.05, 0) is 68.2 Å². The number of rotatable bonds is 8. The van der Waals surface area contributed by atoms with Gasteiger partial charge in [0.1, 0.15) is 28.6 Å². The van der Waals surface area contributed by atoms with Crippen molar-refractivity contribution in [2.75, 3.05) is 0 Å². The minimum absolute atomic E-state index is 0.00152. The van der Waals surface area contributed by atoms with Gasteiger partial charge in [-0.3, -0.25) is 24.0 Å². The lowest BCUT2D eigenvalue weighted by molar-refractivity contribution is -0.171. The van der Waals surface area contributed by atoms with Gasteiger partial charge < -0.3 is 20.4 Å². The standard InChI is InChI=1S/C40H46O9/c1-18(2)26-15-24(14-25(43)13-23-11-10-20(5)12-27(23)21(6)41)33(44)30-28(26)16-38(8)17-39(9)31(19(3)4)34(45)29(22(7)42)36(47)40(39,49)37(48)32(38)35(30)46/h10-12,15,18-19,31,44-45,48-49H,13-14,16-17H2,1-9H3/t31?,38-,39-,40+/m1/s1. The molecule has 4 N–H and O–H groups in total. The fourth-order valence-corrected chi connectivity index (χ4v) is 9.20. The third-order valence-corrected chi connectivity index (χ3v) is 11.2. The molecule has 49 heavy (non-hydrogen) atoms. The van der Waals surface area contributed by atoms with E-state index in [1.807, 2.05) is 26.8 Å². The predicted octanol–water partition coefficient (Wildman–Crippen LogP) is 6.34. The van der Waals surface area contributed by atoms with Gasteiger partial charge in [0.25, 0.3) is 0 Å². The Hall–Kier alpha value is -4.37. The van der Waals surface area contributed by atoms with Crippen LogP contribution in [0.1, 0.15) is 116 Å². The first-order valence-electron chi connectivity index (χ1n) is 16.8. The summed E-state index contributed by atoms with van der Waals surface area (Å²) in [4.78, 5) is 67.0. The van der Waals surface area contributed by atoms with Gasteiger partial charge in [0, 0.05) is 46.3 Å². The van der Waals surface area contributed by atoms with Gasteiger partial charge in [0.05, 0.1) is 5.56 Å². The van der Waals surface area contributed by atoms with Crippen molar-refractivity contribution in [2.24, 2.45) is 22.7 Å². The van der Waals surface area contributed by atoms with Crippen LogP contribution in [0.4, 0.5) is 0 Å². The van der Waals surface area contributed by atoms with E-state index >= 15 is 0 Å². The summed E-state index contributed by atoms with van der Waals surface area (Å²) in [5.74, 6) is -6.34. The highest BCUT2D eigenvalue weighted by Gasteiger charge is 2.71. The molecule has 9 nitrogen and oxygen atoms in total. The molecule has 0 aromatic heterocycles. The van der Waals surface area contributed by atoms with Crippen molar-refractivity contribution in [1.29, 1.82) is 0 Å². The van der Waals surface area contributed by atoms with Crippen LogP contribution in [-0.2, 0) is 33.6 Å². The molecule has 0 amide bonds. The molecular formula is C40H46O9. The Morgan fingerprint density at radius 1 is 0.918 bits per heavy atom. The number of phenolic OH excluding ortho intramolecular Hbond substituents is 1. The average Bonchev–Trinajstić information content (AvgIpc) is 2.96. The summed E-state index contributed by atoms with van der Waals surface area (Å²) in [6.07, 6.45) is -0.145. The molecule has 3 aliphatic rings. The van der Waals surface area contributed by atoms with Crippen molar-refractivity contribution in [1.82, 2.24) is 0 Å². The lowest BCUT2D eigenvalue weighted by atomic mass is 9.44. The normalized spacial score (nSPS) is 26.6. The molecule has 5 rings (SSSR count). The van der Waals surface area contributed by atoms with Crippen molar-refractivity contribution in [3.63, 3.8) is 0 Å². The van der Waals surface area contributed by atoms with Crippen LogP contribution in [0.5, 0.6) is 5.75 Å². The summed E-state index contributed by atoms with van der Waals surface area (Å²) in [5, 5.41) is 47.3. The topological polar surface area (TPSA) is 166 Å². The maximum Gasteiger partial charge on any atom is 0.209 e. The van der Waals surface area contributed by atoms with E-state index in [1.54, 1.807) is 45.9 Å². The summed E-state index contributed by atoms with van der Waals surface area (Å²) in [6.45, 7) is 15.2. The Morgan fingerprint density at radius 3 is 2.08 bits per heavy atom. The van der Waals surface area contributed by atoms with Crippen LogP contribution in [-0.4, -0.2) is 54.9 Å². The second-order valence-electron chi connectivity index (χ2n) is 15.6. The van der Waals surface area contributed by atoms with Gasteiger partial charge in [-0.25, -0.2) is 0 Å². The van der Waals surface area contributed by atoms with E-state index < -0.39 is 62.5 Å². The second kappa shape index (κ2) is 11.9. The summed E-state index contributed by atoms with van der Waals surface area (Å²) in [5.41, 5.74) is -2.93. The largest absolute Gasteiger partial charge is 0.511 e. The molecule has 2 aromatic rings. The Labute approximate surface area is 286 Å². The van der Waals surface area contributed by atoms with Crippen LogP contribution in [0.2, 0.25) is 0 Å². The van der Waals surface area contributed by atoms with Crippen LogP contribution in [0.15, 0.2) is 46.9 Å². The molecule has 0 radical (unpaired) electrons. The fourth-order valence-electron chi connectivity index (χ4n) is 9.20. The van der Waals surface area contributed by atoms with E-state index in [0.717, 1.165) is 18.1 Å². The maximum atomic E-state index is 14.6. The number of aliphatic hydroxyl groups excluding tert-OH is 2. The quantitative estimate of drug-likeness (QED) is 0.185. The zero-order chi connectivity index (χ0) is 36.7. The van der Waals surface area contributed by atoms with E-state index in [9.17, 15) is 44.4 Å². The minimum atomic E-state index is -2.70. The highest BCUT2D eigenvalue weighted by atomic mass is 16.3. The molecule has 0 spiro atoms. The van der Waals surface area contributed by atoms with E-state index in [2.05, 4.69) is 0 Å². The van der Waals surface area contributed by atoms with Gasteiger partial charge in [-0.15, -0.1) is 0 Å². The molecule has 0 fully saturated rings. The van der Waals surface area contributed by atoms with Crippen molar-refractivity contribution in [3.05, 3.63) is 85.9 Å². The predicted molar refractivity (Wildman–Crippen MR) is 183 cm³/mol. The number of ketones is 5. The number of Topliss-reactive ketones (excluding diaryl/α,β-unsaturated/α-hetero) is 5. The maximum absolute atomic E-state index is 14.6. The number of carbonyl (C=O) groups excluding carboxylic acids is 5. The van der Waals surface area contributed by atoms with Crippen LogP contribution in [0.3, 0.4) is 0 Å². The smallest absolute Gasteiger partial charge is 0.209 e. The van der Waals surface area contributed by atoms with Gasteiger partial charge in [-0.1, -0.05) is 65.3 Å². The first-order valence-corrected chi connectivity index (χ1v) is 16.8. The molecule has 4 atom stereocenters. The molecule has 2 aromatic carbocycles. The van der Waals surface area contributed by atoms with Crippen molar-refractivity contribution < 1.29 is 44.4 Å². The van der Waals surface area contributed by atoms with Crippen LogP contribution in [0, 0.1) is 29.6 Å². The zero-order valence-electron chi connectivity index (χ0n) is 29.7. The number of aryl methyl sites for hydroxylation is 1. The molecule has 0 bridgehead atoms. The number of phenols is 1. The van der Waals surface area contributed by atoms with Crippen LogP contribution < -0.4 is 0 Å². The average molecular weight is 671 g/mol. The zero-order valence-corrected chi connectivity index (χ0v) is 29.7. The van der Waals surface area contributed by atoms with E-state index in [4.69, 9.17) is 0 Å². The molecule has 0 aliphatic heterocycles. The number of aliphatic hydroxyl groups is 3. The van der Waals surface area contributed by atoms with Gasteiger partial charge >= 0.3 is 0 Å². The summed E-state index contributed by atoms with van der Waals surface area (Å²) in [7, 11) is 0. The molecule has 3 aliphatic carbocycles. The molecule has 1 unspecified atom stereocenters. The number of benzene rings is 2. The minimum Gasteiger partial charge on any atom is -0.511 e. The number of hydrogen-bond donors (Lipinski definition) is 4. The molecule has 0 saturated carbocycles. The molecular weight excluding hydrogens is 624 g/mol. The van der Waals surface area contributed by atoms with Gasteiger partial charge in [0.15, 0.2) is 23.0 Å². The van der Waals surface area contributed by atoms with Crippen molar-refractivity contribution in [2.45, 2.75) is 99.5 Å². The number of fused-ring (bicyclic) bond motifs is 3. The number of hydrogen-bond acceptors (Lipinski definition) is 9. The monoisotopic (exact) mass is 670 g/mol. The first-order chi connectivity index (χ1) is 22.6. The Morgan fingerprint density at radius 2 is 1.53 bits per heavy atom. The highest BCUT2D eigenvalue weighted by molar-refractivity contribution is 6.25. The lowest BCUT2D eigenvalue weighted by Crippen LogP contribution is -2.67. The molecule has 0 saturated heterocycles. The van der Waals surface area contributed by atoms with E-state index in [-0.39, 0.29) is 65.8 Å². The molecule has 0 heterocycles. The van der Waals surface area contributed by atoms with Crippen molar-refractivity contribution >= 4 is 28.9 Å². The first kappa shape index (κ1) is 35.9. The summed E-state index contributed by atoms with van der Waals surface area (Å²) < 4.78 is 0. The third-order valence-electron chi connectivity index (χ3n) is 11.2. The van der Waals surface area contributed by atoms with E-state index in [0.29, 0.717) is 16.7 Å². The van der Waals surface area contributed by atoms with Crippen molar-refractivity contribution in [3.8, 4) is 5.75 Å². The van der Waals surface area contributed by atoms with Gasteiger partial charge in [-0.2, -0.15) is 0 Å². The lowest BCUT2D eigenvalue weighted by Gasteiger charge is -2.59. The summed E-state index contributed by atoms with van der Waals surface area (Å²) in [6, 6.07) is 7.02. The highest BCUT2D eigenvalue weighted by Crippen LogP contribution is 2.65. The second-order valence-corrected chi connectivity index (χ2v) is 15.6. The Bertz CT molecular complexity index is 1920. The Balaban J connectivity index is 1.67. The SMILES string of the molecule is CC(=O)C1=C(O)C(C(C)C)[C@@]2(C)C[C@@]3(C)Cc4c(C(C)C)cc(CC(=O)Cc5ccc(C)cc5C(C)=O)c(O)c4C(=O)C3=C(O)[C@@]2(O)C1=O. The molecule has 9 heteroatoms. The van der Waals surface area contributed by atoms with E-state index in [1.165, 1.54) is 6.92 Å². The fraction of sp³-hybridized carbons (Fsp3) is 0.475. The summed E-state index contributed by atoms with van der Waals surface area (Å²) >= 11 is 0. The number of allylic oxidation sites excluding steroid dienone is 2. The Kier molecular flexibility index (Phi) is 8.72. The number of aromatic hydroxyl groups is 1. The molecule has 260 valence electrons. The van der Waals surface area contributed by atoms with Crippen LogP contribution >= 0.6 is 0 Å². The van der Waals surface area contributed by atoms with Gasteiger partial charge in [0.2, 0.25) is 5.78 Å². The third kappa shape index (κ3) is 5.20. The van der Waals surface area contributed by atoms with Crippen LogP contribution in [0.25, 0.3) is 0 Å².